The Kier molecular flexibility index (Phi) is 4.05. The molecule has 3 saturated carbocycles. The maximum atomic E-state index is 12.0. The molecule has 0 unspecified atom stereocenters. The van der Waals surface area contributed by atoms with Gasteiger partial charge in [0.2, 0.25) is 0 Å². The Balaban J connectivity index is 1.76. The van der Waals surface area contributed by atoms with Gasteiger partial charge in [0.1, 0.15) is 0 Å². The number of alkyl halides is 1. The molecule has 1 N–H and O–H groups in total. The van der Waals surface area contributed by atoms with E-state index in [0.717, 1.165) is 24.8 Å². The van der Waals surface area contributed by atoms with Crippen LogP contribution >= 0.6 is 11.6 Å². The lowest BCUT2D eigenvalue weighted by atomic mass is 9.45. The Hall–Kier alpha value is -0.600. The summed E-state index contributed by atoms with van der Waals surface area (Å²) in [6.45, 7) is 11.0. The van der Waals surface area contributed by atoms with Crippen molar-refractivity contribution in [1.29, 1.82) is 0 Å². The molecule has 4 rings (SSSR count). The molecule has 3 heteroatoms. The first-order chi connectivity index (χ1) is 11.7. The number of aliphatic hydroxyl groups excluding tert-OH is 1. The van der Waals surface area contributed by atoms with E-state index in [1.54, 1.807) is 0 Å². The van der Waals surface area contributed by atoms with Crippen molar-refractivity contribution in [2.45, 2.75) is 70.8 Å². The smallest absolute Gasteiger partial charge is 0.155 e. The van der Waals surface area contributed by atoms with E-state index >= 15 is 0 Å². The largest absolute Gasteiger partial charge is 0.393 e. The average Bonchev–Trinajstić information content (AvgIpc) is 2.85. The second-order valence-corrected chi connectivity index (χ2v) is 10.3. The SMILES string of the molecule is C=C(C)[C@H]1CC[C@H]2[C@@H]3C[C@H](Cl)C4=CC(=O)CC[C@]4(C)[C@H]3[C@@H](O)C[C@]12C. The van der Waals surface area contributed by atoms with E-state index in [1.165, 1.54) is 18.4 Å². The highest BCUT2D eigenvalue weighted by atomic mass is 35.5. The van der Waals surface area contributed by atoms with Crippen molar-refractivity contribution >= 4 is 17.4 Å². The Morgan fingerprint density at radius 2 is 2.08 bits per heavy atom. The molecule has 0 aromatic heterocycles. The molecule has 0 aromatic carbocycles. The first-order valence-corrected chi connectivity index (χ1v) is 10.3. The topological polar surface area (TPSA) is 37.3 Å². The summed E-state index contributed by atoms with van der Waals surface area (Å²) in [5, 5.41) is 11.2. The van der Waals surface area contributed by atoms with E-state index in [2.05, 4.69) is 27.4 Å². The van der Waals surface area contributed by atoms with Crippen LogP contribution in [0.4, 0.5) is 0 Å². The third-order valence-corrected chi connectivity index (χ3v) is 8.88. The van der Waals surface area contributed by atoms with Crippen molar-refractivity contribution in [1.82, 2.24) is 0 Å². The molecule has 4 aliphatic carbocycles. The maximum absolute atomic E-state index is 12.0. The summed E-state index contributed by atoms with van der Waals surface area (Å²) in [7, 11) is 0. The van der Waals surface area contributed by atoms with Crippen LogP contribution in [0, 0.1) is 34.5 Å². The minimum atomic E-state index is -0.308. The van der Waals surface area contributed by atoms with E-state index in [0.29, 0.717) is 24.2 Å². The number of halogens is 1. The number of allylic oxidation sites excluding steroid dienone is 2. The molecular formula is C22H31ClO2. The van der Waals surface area contributed by atoms with Gasteiger partial charge in [-0.1, -0.05) is 26.0 Å². The van der Waals surface area contributed by atoms with Crippen LogP contribution < -0.4 is 0 Å². The molecule has 3 fully saturated rings. The first kappa shape index (κ1) is 17.8. The Morgan fingerprint density at radius 3 is 2.76 bits per heavy atom. The number of hydrogen-bond donors (Lipinski definition) is 1. The van der Waals surface area contributed by atoms with Gasteiger partial charge in [-0.05, 0) is 85.2 Å². The molecule has 0 aliphatic heterocycles. The second-order valence-electron chi connectivity index (χ2n) is 9.74. The molecule has 25 heavy (non-hydrogen) atoms. The number of fused-ring (bicyclic) bond motifs is 5. The molecule has 0 saturated heterocycles. The number of aliphatic hydroxyl groups is 1. The van der Waals surface area contributed by atoms with E-state index in [-0.39, 0.29) is 34.0 Å². The van der Waals surface area contributed by atoms with Crippen LogP contribution in [0.25, 0.3) is 0 Å². The molecule has 0 spiro atoms. The fourth-order valence-electron chi connectivity index (χ4n) is 7.50. The van der Waals surface area contributed by atoms with E-state index in [4.69, 9.17) is 11.6 Å². The zero-order chi connectivity index (χ0) is 18.1. The first-order valence-electron chi connectivity index (χ1n) is 9.91. The predicted octanol–water partition coefficient (Wildman–Crippen LogP) is 4.90. The Labute approximate surface area is 156 Å². The van der Waals surface area contributed by atoms with Gasteiger partial charge < -0.3 is 5.11 Å². The number of hydrogen-bond acceptors (Lipinski definition) is 2. The number of carbonyl (C=O) groups excluding carboxylic acids is 1. The molecule has 138 valence electrons. The lowest BCUT2D eigenvalue weighted by molar-refractivity contribution is -0.131. The van der Waals surface area contributed by atoms with Gasteiger partial charge in [0.25, 0.3) is 0 Å². The highest BCUT2D eigenvalue weighted by Gasteiger charge is 2.63. The third kappa shape index (κ3) is 2.36. The lowest BCUT2D eigenvalue weighted by Crippen LogP contribution is -2.58. The molecule has 0 aromatic rings. The number of carbonyl (C=O) groups is 1. The molecule has 2 nitrogen and oxygen atoms in total. The van der Waals surface area contributed by atoms with Crippen molar-refractivity contribution in [3.8, 4) is 0 Å². The molecule has 0 bridgehead atoms. The van der Waals surface area contributed by atoms with Crippen molar-refractivity contribution < 1.29 is 9.90 Å². The van der Waals surface area contributed by atoms with E-state index < -0.39 is 0 Å². The van der Waals surface area contributed by atoms with Gasteiger partial charge in [-0.25, -0.2) is 0 Å². The van der Waals surface area contributed by atoms with Crippen LogP contribution in [0.3, 0.4) is 0 Å². The highest BCUT2D eigenvalue weighted by Crippen LogP contribution is 2.67. The van der Waals surface area contributed by atoms with E-state index in [9.17, 15) is 9.90 Å². The van der Waals surface area contributed by atoms with Gasteiger partial charge in [0, 0.05) is 6.42 Å². The van der Waals surface area contributed by atoms with Gasteiger partial charge in [-0.3, -0.25) is 4.79 Å². The van der Waals surface area contributed by atoms with E-state index in [1.807, 2.05) is 6.08 Å². The minimum absolute atomic E-state index is 0.0612. The van der Waals surface area contributed by atoms with Crippen LogP contribution in [0.1, 0.15) is 59.3 Å². The fraction of sp³-hybridized carbons (Fsp3) is 0.773. The summed E-state index contributed by atoms with van der Waals surface area (Å²) in [5.41, 5.74) is 2.39. The van der Waals surface area contributed by atoms with Gasteiger partial charge in [-0.15, -0.1) is 11.6 Å². The summed E-state index contributed by atoms with van der Waals surface area (Å²) >= 11 is 6.83. The summed E-state index contributed by atoms with van der Waals surface area (Å²) in [5.74, 6) is 2.02. The van der Waals surface area contributed by atoms with Crippen LogP contribution in [0.5, 0.6) is 0 Å². The van der Waals surface area contributed by atoms with Gasteiger partial charge in [0.05, 0.1) is 11.5 Å². The molecule has 0 heterocycles. The highest BCUT2D eigenvalue weighted by molar-refractivity contribution is 6.23. The summed E-state index contributed by atoms with van der Waals surface area (Å²) in [6, 6.07) is 0. The molecule has 8 atom stereocenters. The molecule has 4 aliphatic rings. The third-order valence-electron chi connectivity index (χ3n) is 8.46. The Bertz CT molecular complexity index is 652. The number of ketones is 1. The van der Waals surface area contributed by atoms with Crippen LogP contribution in [0.15, 0.2) is 23.8 Å². The zero-order valence-corrected chi connectivity index (χ0v) is 16.5. The van der Waals surface area contributed by atoms with Crippen molar-refractivity contribution in [2.24, 2.45) is 34.5 Å². The monoisotopic (exact) mass is 362 g/mol. The second kappa shape index (κ2) is 5.70. The fourth-order valence-corrected chi connectivity index (χ4v) is 8.02. The van der Waals surface area contributed by atoms with Crippen LogP contribution in [0.2, 0.25) is 0 Å². The summed E-state index contributed by atoms with van der Waals surface area (Å²) in [6.07, 6.45) is 7.11. The van der Waals surface area contributed by atoms with Gasteiger partial charge in [-0.2, -0.15) is 0 Å². The van der Waals surface area contributed by atoms with Gasteiger partial charge >= 0.3 is 0 Å². The van der Waals surface area contributed by atoms with Crippen LogP contribution in [-0.4, -0.2) is 22.4 Å². The zero-order valence-electron chi connectivity index (χ0n) is 15.7. The maximum Gasteiger partial charge on any atom is 0.155 e. The Morgan fingerprint density at radius 1 is 1.36 bits per heavy atom. The lowest BCUT2D eigenvalue weighted by Gasteiger charge is -2.60. The molecule has 0 radical (unpaired) electrons. The van der Waals surface area contributed by atoms with Crippen molar-refractivity contribution in [2.75, 3.05) is 0 Å². The van der Waals surface area contributed by atoms with Crippen LogP contribution in [-0.2, 0) is 4.79 Å². The van der Waals surface area contributed by atoms with Crippen molar-refractivity contribution in [3.63, 3.8) is 0 Å². The van der Waals surface area contributed by atoms with Crippen molar-refractivity contribution in [3.05, 3.63) is 23.8 Å². The summed E-state index contributed by atoms with van der Waals surface area (Å²) in [4.78, 5) is 12.0. The molecule has 0 amide bonds. The molecular weight excluding hydrogens is 332 g/mol. The standard InChI is InChI=1S/C22H31ClO2/c1-12(2)15-5-6-16-14-10-18(23)17-9-13(24)7-8-21(17,3)20(14)19(25)11-22(15,16)4/h9,14-16,18-20,25H,1,5-8,10-11H2,2-4H3/t14-,15+,16-,18-,19-,20+,21-,22+/m0/s1. The summed E-state index contributed by atoms with van der Waals surface area (Å²) < 4.78 is 0. The van der Waals surface area contributed by atoms with Gasteiger partial charge in [0.15, 0.2) is 5.78 Å². The average molecular weight is 363 g/mol. The predicted molar refractivity (Wildman–Crippen MR) is 101 cm³/mol. The number of rotatable bonds is 1. The normalized spacial score (nSPS) is 52.0. The minimum Gasteiger partial charge on any atom is -0.393 e. The quantitative estimate of drug-likeness (QED) is 0.532.